The van der Waals surface area contributed by atoms with E-state index in [1.807, 2.05) is 21.6 Å². The first-order chi connectivity index (χ1) is 14.0. The standard InChI is InChI=1S/C20H29N7O2/c1-24(2)20(29)26-11-7-15(13-26)18-23-22-17-6-5-16(14-27(17)18)19(28)21-8-12-25-9-3-4-10-25/h5-6,14-15H,3-4,7-13H2,1-2H3,(H,21,28)/t15-/m1/s1. The molecule has 2 aromatic rings. The van der Waals surface area contributed by atoms with Gasteiger partial charge in [-0.05, 0) is 44.5 Å². The largest absolute Gasteiger partial charge is 0.351 e. The van der Waals surface area contributed by atoms with Gasteiger partial charge < -0.3 is 20.0 Å². The summed E-state index contributed by atoms with van der Waals surface area (Å²) in [6.45, 7) is 5.11. The van der Waals surface area contributed by atoms with Crippen LogP contribution in [0.2, 0.25) is 0 Å². The van der Waals surface area contributed by atoms with E-state index in [1.165, 1.54) is 12.8 Å². The van der Waals surface area contributed by atoms with Crippen molar-refractivity contribution in [3.8, 4) is 0 Å². The minimum absolute atomic E-state index is 0.0133. The average molecular weight is 399 g/mol. The summed E-state index contributed by atoms with van der Waals surface area (Å²) in [6.07, 6.45) is 5.15. The van der Waals surface area contributed by atoms with E-state index in [1.54, 1.807) is 25.1 Å². The number of likely N-dealkylation sites (tertiary alicyclic amines) is 2. The Morgan fingerprint density at radius 3 is 2.72 bits per heavy atom. The van der Waals surface area contributed by atoms with Crippen molar-refractivity contribution < 1.29 is 9.59 Å². The second-order valence-corrected chi connectivity index (χ2v) is 8.12. The first-order valence-corrected chi connectivity index (χ1v) is 10.3. The molecule has 2 aliphatic rings. The summed E-state index contributed by atoms with van der Waals surface area (Å²) >= 11 is 0. The molecule has 0 radical (unpaired) electrons. The topological polar surface area (TPSA) is 86.1 Å². The molecule has 1 atom stereocenters. The van der Waals surface area contributed by atoms with Gasteiger partial charge in [-0.2, -0.15) is 0 Å². The third-order valence-electron chi connectivity index (χ3n) is 5.81. The fourth-order valence-electron chi connectivity index (χ4n) is 4.18. The number of urea groups is 1. The Morgan fingerprint density at radius 1 is 1.17 bits per heavy atom. The van der Waals surface area contributed by atoms with Gasteiger partial charge in [0.1, 0.15) is 5.82 Å². The lowest BCUT2D eigenvalue weighted by Gasteiger charge is -2.21. The van der Waals surface area contributed by atoms with Crippen molar-refractivity contribution in [1.82, 2.24) is 34.6 Å². The summed E-state index contributed by atoms with van der Waals surface area (Å²) in [5.74, 6) is 0.838. The number of carbonyl (C=O) groups is 2. The number of aromatic nitrogens is 3. The molecule has 2 aromatic heterocycles. The first-order valence-electron chi connectivity index (χ1n) is 10.3. The van der Waals surface area contributed by atoms with Crippen LogP contribution in [0, 0.1) is 0 Å². The molecule has 9 heteroatoms. The number of carbonyl (C=O) groups excluding carboxylic acids is 2. The number of hydrogen-bond acceptors (Lipinski definition) is 5. The van der Waals surface area contributed by atoms with Gasteiger partial charge in [-0.25, -0.2) is 4.79 Å². The summed E-state index contributed by atoms with van der Waals surface area (Å²) in [5, 5.41) is 11.6. The van der Waals surface area contributed by atoms with Crippen LogP contribution >= 0.6 is 0 Å². The van der Waals surface area contributed by atoms with Gasteiger partial charge in [-0.3, -0.25) is 9.20 Å². The molecule has 4 heterocycles. The lowest BCUT2D eigenvalue weighted by Crippen LogP contribution is -2.37. The first kappa shape index (κ1) is 19.6. The maximum absolute atomic E-state index is 12.6. The highest BCUT2D eigenvalue weighted by Crippen LogP contribution is 2.27. The molecule has 1 N–H and O–H groups in total. The van der Waals surface area contributed by atoms with E-state index in [2.05, 4.69) is 20.4 Å². The highest BCUT2D eigenvalue weighted by Gasteiger charge is 2.31. The van der Waals surface area contributed by atoms with Crippen molar-refractivity contribution >= 4 is 17.6 Å². The molecule has 0 bridgehead atoms. The smallest absolute Gasteiger partial charge is 0.319 e. The van der Waals surface area contributed by atoms with Gasteiger partial charge in [0.15, 0.2) is 5.65 Å². The van der Waals surface area contributed by atoms with Crippen LogP contribution in [0.25, 0.3) is 5.65 Å². The maximum Gasteiger partial charge on any atom is 0.319 e. The van der Waals surface area contributed by atoms with Gasteiger partial charge >= 0.3 is 6.03 Å². The Morgan fingerprint density at radius 2 is 1.97 bits per heavy atom. The molecular formula is C20H29N7O2. The highest BCUT2D eigenvalue weighted by atomic mass is 16.2. The SMILES string of the molecule is CN(C)C(=O)N1CC[C@@H](c2nnc3ccc(C(=O)NCCN4CCCC4)cn23)C1. The maximum atomic E-state index is 12.6. The lowest BCUT2D eigenvalue weighted by atomic mass is 10.1. The lowest BCUT2D eigenvalue weighted by molar-refractivity contribution is 0.0949. The molecule has 3 amide bonds. The van der Waals surface area contributed by atoms with Gasteiger partial charge in [0.25, 0.3) is 5.91 Å². The van der Waals surface area contributed by atoms with Crippen molar-refractivity contribution in [3.63, 3.8) is 0 Å². The van der Waals surface area contributed by atoms with E-state index >= 15 is 0 Å². The van der Waals surface area contributed by atoms with Gasteiger partial charge in [0, 0.05) is 52.4 Å². The van der Waals surface area contributed by atoms with Crippen LogP contribution in [0.15, 0.2) is 18.3 Å². The van der Waals surface area contributed by atoms with Crippen LogP contribution in [-0.4, -0.2) is 94.6 Å². The zero-order valence-corrected chi connectivity index (χ0v) is 17.2. The van der Waals surface area contributed by atoms with Crippen molar-refractivity contribution in [1.29, 1.82) is 0 Å². The number of nitrogens with one attached hydrogen (secondary N) is 1. The zero-order chi connectivity index (χ0) is 20.4. The van der Waals surface area contributed by atoms with Crippen molar-refractivity contribution in [3.05, 3.63) is 29.7 Å². The second kappa shape index (κ2) is 8.36. The van der Waals surface area contributed by atoms with Crippen LogP contribution in [-0.2, 0) is 0 Å². The molecule has 29 heavy (non-hydrogen) atoms. The quantitative estimate of drug-likeness (QED) is 0.812. The minimum Gasteiger partial charge on any atom is -0.351 e. The summed E-state index contributed by atoms with van der Waals surface area (Å²) in [6, 6.07) is 3.62. The van der Waals surface area contributed by atoms with Gasteiger partial charge in [0.05, 0.1) is 5.56 Å². The monoisotopic (exact) mass is 399 g/mol. The van der Waals surface area contributed by atoms with Crippen molar-refractivity contribution in [2.45, 2.75) is 25.2 Å². The molecule has 156 valence electrons. The predicted molar refractivity (Wildman–Crippen MR) is 109 cm³/mol. The van der Waals surface area contributed by atoms with E-state index in [9.17, 15) is 9.59 Å². The minimum atomic E-state index is -0.0819. The summed E-state index contributed by atoms with van der Waals surface area (Å²) in [4.78, 5) is 30.6. The van der Waals surface area contributed by atoms with Crippen LogP contribution in [0.3, 0.4) is 0 Å². The molecule has 0 unspecified atom stereocenters. The number of hydrogen-bond donors (Lipinski definition) is 1. The third-order valence-corrected chi connectivity index (χ3v) is 5.81. The van der Waals surface area contributed by atoms with Gasteiger partial charge in [-0.1, -0.05) is 0 Å². The molecular weight excluding hydrogens is 370 g/mol. The summed E-state index contributed by atoms with van der Waals surface area (Å²) < 4.78 is 1.89. The van der Waals surface area contributed by atoms with Crippen molar-refractivity contribution in [2.24, 2.45) is 0 Å². The van der Waals surface area contributed by atoms with Crippen LogP contribution in [0.4, 0.5) is 4.79 Å². The highest BCUT2D eigenvalue weighted by molar-refractivity contribution is 5.94. The Kier molecular flexibility index (Phi) is 5.66. The normalized spacial score (nSPS) is 19.8. The summed E-state index contributed by atoms with van der Waals surface area (Å²) in [5.41, 5.74) is 1.31. The fraction of sp³-hybridized carbons (Fsp3) is 0.600. The van der Waals surface area contributed by atoms with E-state index < -0.39 is 0 Å². The van der Waals surface area contributed by atoms with E-state index in [-0.39, 0.29) is 17.9 Å². The number of nitrogens with zero attached hydrogens (tertiary/aromatic N) is 6. The molecule has 0 aliphatic carbocycles. The van der Waals surface area contributed by atoms with Crippen LogP contribution < -0.4 is 5.32 Å². The van der Waals surface area contributed by atoms with E-state index in [0.29, 0.717) is 30.8 Å². The predicted octanol–water partition coefficient (Wildman–Crippen LogP) is 1.03. The van der Waals surface area contributed by atoms with E-state index in [0.717, 1.165) is 31.9 Å². The Labute approximate surface area is 170 Å². The Hall–Kier alpha value is -2.68. The molecule has 0 spiro atoms. The fourth-order valence-corrected chi connectivity index (χ4v) is 4.18. The molecule has 0 saturated carbocycles. The molecule has 2 fully saturated rings. The molecule has 2 aliphatic heterocycles. The van der Waals surface area contributed by atoms with Crippen LogP contribution in [0.1, 0.15) is 41.4 Å². The summed E-state index contributed by atoms with van der Waals surface area (Å²) in [7, 11) is 3.52. The molecule has 9 nitrogen and oxygen atoms in total. The second-order valence-electron chi connectivity index (χ2n) is 8.12. The van der Waals surface area contributed by atoms with Gasteiger partial charge in [-0.15, -0.1) is 10.2 Å². The molecule has 0 aromatic carbocycles. The number of pyridine rings is 1. The molecule has 4 rings (SSSR count). The molecule has 2 saturated heterocycles. The third kappa shape index (κ3) is 4.19. The average Bonchev–Trinajstić information content (AvgIpc) is 3.46. The Balaban J connectivity index is 1.43. The van der Waals surface area contributed by atoms with E-state index in [4.69, 9.17) is 0 Å². The van der Waals surface area contributed by atoms with Crippen molar-refractivity contribution in [2.75, 3.05) is 53.4 Å². The van der Waals surface area contributed by atoms with Crippen LogP contribution in [0.5, 0.6) is 0 Å². The zero-order valence-electron chi connectivity index (χ0n) is 17.2. The number of amides is 3. The number of rotatable bonds is 5. The van der Waals surface area contributed by atoms with Gasteiger partial charge in [0.2, 0.25) is 0 Å². The Bertz CT molecular complexity index is 888. The number of fused-ring (bicyclic) bond motifs is 1.